The van der Waals surface area contributed by atoms with Crippen LogP contribution in [-0.4, -0.2) is 12.1 Å². The van der Waals surface area contributed by atoms with E-state index in [1.165, 1.54) is 18.3 Å². The average molecular weight is 306 g/mol. The Morgan fingerprint density at radius 2 is 1.86 bits per heavy atom. The highest BCUT2D eigenvalue weighted by atomic mass is 19.4. The van der Waals surface area contributed by atoms with Gasteiger partial charge in [0.15, 0.2) is 0 Å². The number of alkyl halides is 3. The van der Waals surface area contributed by atoms with Crippen LogP contribution >= 0.6 is 0 Å². The Bertz CT molecular complexity index is 709. The zero-order valence-corrected chi connectivity index (χ0v) is 11.7. The molecule has 0 aliphatic heterocycles. The first kappa shape index (κ1) is 15.8. The number of hydrogen-bond acceptors (Lipinski definition) is 2. The molecule has 114 valence electrons. The van der Waals surface area contributed by atoms with E-state index in [1.807, 2.05) is 0 Å². The van der Waals surface area contributed by atoms with Crippen LogP contribution in [-0.2, 0) is 6.18 Å². The van der Waals surface area contributed by atoms with Crippen molar-refractivity contribution in [1.29, 1.82) is 0 Å². The second-order valence-electron chi connectivity index (χ2n) is 4.64. The van der Waals surface area contributed by atoms with Gasteiger partial charge in [-0.3, -0.25) is 4.79 Å². The predicted molar refractivity (Wildman–Crippen MR) is 77.7 cm³/mol. The summed E-state index contributed by atoms with van der Waals surface area (Å²) < 4.78 is 37.7. The third kappa shape index (κ3) is 3.94. The van der Waals surface area contributed by atoms with Crippen LogP contribution < -0.4 is 5.43 Å². The van der Waals surface area contributed by atoms with E-state index in [-0.39, 0.29) is 5.56 Å². The fraction of sp³-hybridized carbons (Fsp3) is 0.125. The number of halogens is 3. The molecule has 2 rings (SSSR count). The average Bonchev–Trinajstić information content (AvgIpc) is 2.47. The van der Waals surface area contributed by atoms with E-state index in [0.717, 1.165) is 17.7 Å². The fourth-order valence-corrected chi connectivity index (χ4v) is 1.85. The smallest absolute Gasteiger partial charge is 0.267 e. The topological polar surface area (TPSA) is 41.5 Å². The molecule has 0 unspecified atom stereocenters. The molecular formula is C16H13F3N2O. The maximum absolute atomic E-state index is 12.6. The van der Waals surface area contributed by atoms with Gasteiger partial charge in [0.05, 0.1) is 11.8 Å². The van der Waals surface area contributed by atoms with Crippen LogP contribution in [0, 0.1) is 6.92 Å². The van der Waals surface area contributed by atoms with Crippen LogP contribution in [0.5, 0.6) is 0 Å². The second-order valence-corrected chi connectivity index (χ2v) is 4.64. The summed E-state index contributed by atoms with van der Waals surface area (Å²) in [5, 5.41) is 3.69. The molecule has 3 nitrogen and oxygen atoms in total. The molecule has 0 spiro atoms. The minimum Gasteiger partial charge on any atom is -0.267 e. The molecule has 0 heterocycles. The van der Waals surface area contributed by atoms with Crippen LogP contribution in [0.3, 0.4) is 0 Å². The molecular weight excluding hydrogens is 293 g/mol. The summed E-state index contributed by atoms with van der Waals surface area (Å²) in [5.74, 6) is -0.415. The molecule has 0 aliphatic rings. The third-order valence-corrected chi connectivity index (χ3v) is 2.98. The monoisotopic (exact) mass is 306 g/mol. The third-order valence-electron chi connectivity index (χ3n) is 2.98. The molecule has 0 bridgehead atoms. The Balaban J connectivity index is 2.07. The molecule has 0 saturated carbocycles. The molecule has 6 heteroatoms. The van der Waals surface area contributed by atoms with Crippen molar-refractivity contribution in [2.24, 2.45) is 5.10 Å². The van der Waals surface area contributed by atoms with Gasteiger partial charge in [-0.2, -0.15) is 18.3 Å². The Hall–Kier alpha value is -2.63. The highest BCUT2D eigenvalue weighted by Crippen LogP contribution is 2.29. The number of hydrogen-bond donors (Lipinski definition) is 1. The minimum atomic E-state index is -4.41. The van der Waals surface area contributed by atoms with E-state index in [2.05, 4.69) is 10.5 Å². The molecule has 0 fully saturated rings. The number of carbonyl (C=O) groups excluding carboxylic acids is 1. The number of carbonyl (C=O) groups is 1. The fourth-order valence-electron chi connectivity index (χ4n) is 1.85. The van der Waals surface area contributed by atoms with Crippen LogP contribution in [0.2, 0.25) is 0 Å². The largest absolute Gasteiger partial charge is 0.416 e. The van der Waals surface area contributed by atoms with Crippen molar-refractivity contribution >= 4 is 12.1 Å². The van der Waals surface area contributed by atoms with Gasteiger partial charge in [0.1, 0.15) is 0 Å². The SMILES string of the molecule is Cc1ccccc1C(=O)NN=Cc1cccc(C(F)(F)F)c1. The first-order chi connectivity index (χ1) is 10.4. The zero-order chi connectivity index (χ0) is 16.2. The van der Waals surface area contributed by atoms with Crippen molar-refractivity contribution < 1.29 is 18.0 Å². The van der Waals surface area contributed by atoms with Gasteiger partial charge in [-0.15, -0.1) is 0 Å². The summed E-state index contributed by atoms with van der Waals surface area (Å²) >= 11 is 0. The van der Waals surface area contributed by atoms with E-state index in [0.29, 0.717) is 5.56 Å². The Labute approximate surface area is 125 Å². The van der Waals surface area contributed by atoms with Crippen molar-refractivity contribution in [1.82, 2.24) is 5.43 Å². The maximum atomic E-state index is 12.6. The molecule has 22 heavy (non-hydrogen) atoms. The van der Waals surface area contributed by atoms with Gasteiger partial charge >= 0.3 is 6.18 Å². The molecule has 1 amide bonds. The summed E-state index contributed by atoms with van der Waals surface area (Å²) in [7, 11) is 0. The van der Waals surface area contributed by atoms with E-state index in [1.54, 1.807) is 31.2 Å². The van der Waals surface area contributed by atoms with Crippen molar-refractivity contribution in [2.75, 3.05) is 0 Å². The van der Waals surface area contributed by atoms with Crippen molar-refractivity contribution in [3.8, 4) is 0 Å². The van der Waals surface area contributed by atoms with Gasteiger partial charge in [-0.25, -0.2) is 5.43 Å². The standard InChI is InChI=1S/C16H13F3N2O/c1-11-5-2-3-8-14(11)15(22)21-20-10-12-6-4-7-13(9-12)16(17,18)19/h2-10H,1H3,(H,21,22). The summed E-state index contributed by atoms with van der Waals surface area (Å²) in [6.45, 7) is 1.78. The number of nitrogens with zero attached hydrogens (tertiary/aromatic N) is 1. The van der Waals surface area contributed by atoms with Gasteiger partial charge in [-0.05, 0) is 36.2 Å². The van der Waals surface area contributed by atoms with E-state index in [9.17, 15) is 18.0 Å². The van der Waals surface area contributed by atoms with Crippen molar-refractivity contribution in [3.05, 3.63) is 70.8 Å². The van der Waals surface area contributed by atoms with Gasteiger partial charge < -0.3 is 0 Å². The van der Waals surface area contributed by atoms with Crippen LogP contribution in [0.4, 0.5) is 13.2 Å². The Morgan fingerprint density at radius 1 is 1.14 bits per heavy atom. The maximum Gasteiger partial charge on any atom is 0.416 e. The summed E-state index contributed by atoms with van der Waals surface area (Å²) in [5.41, 5.74) is 3.03. The first-order valence-electron chi connectivity index (χ1n) is 6.44. The number of hydrazone groups is 1. The number of nitrogens with one attached hydrogen (secondary N) is 1. The summed E-state index contributed by atoms with van der Waals surface area (Å²) in [4.78, 5) is 11.9. The molecule has 0 radical (unpaired) electrons. The highest BCUT2D eigenvalue weighted by Gasteiger charge is 2.30. The molecule has 0 atom stereocenters. The summed E-state index contributed by atoms with van der Waals surface area (Å²) in [6, 6.07) is 11.6. The lowest BCUT2D eigenvalue weighted by Crippen LogP contribution is -2.18. The predicted octanol–water partition coefficient (Wildman–Crippen LogP) is 3.78. The number of aryl methyl sites for hydroxylation is 1. The lowest BCUT2D eigenvalue weighted by molar-refractivity contribution is -0.137. The normalized spacial score (nSPS) is 11.6. The van der Waals surface area contributed by atoms with E-state index < -0.39 is 17.6 Å². The Morgan fingerprint density at radius 3 is 2.55 bits per heavy atom. The summed E-state index contributed by atoms with van der Waals surface area (Å²) in [6.07, 6.45) is -3.24. The quantitative estimate of drug-likeness (QED) is 0.680. The number of amides is 1. The molecule has 0 saturated heterocycles. The number of benzene rings is 2. The van der Waals surface area contributed by atoms with Gasteiger partial charge in [0.2, 0.25) is 0 Å². The molecule has 2 aromatic carbocycles. The lowest BCUT2D eigenvalue weighted by atomic mass is 10.1. The first-order valence-corrected chi connectivity index (χ1v) is 6.44. The van der Waals surface area contributed by atoms with Crippen LogP contribution in [0.25, 0.3) is 0 Å². The van der Waals surface area contributed by atoms with Gasteiger partial charge in [-0.1, -0.05) is 30.3 Å². The molecule has 0 aromatic heterocycles. The second kappa shape index (κ2) is 6.43. The Kier molecular flexibility index (Phi) is 4.60. The minimum absolute atomic E-state index is 0.250. The molecule has 0 aliphatic carbocycles. The van der Waals surface area contributed by atoms with Crippen molar-refractivity contribution in [2.45, 2.75) is 13.1 Å². The highest BCUT2D eigenvalue weighted by molar-refractivity contribution is 5.96. The number of rotatable bonds is 3. The van der Waals surface area contributed by atoms with E-state index >= 15 is 0 Å². The van der Waals surface area contributed by atoms with Crippen LogP contribution in [0.15, 0.2) is 53.6 Å². The molecule has 1 N–H and O–H groups in total. The zero-order valence-electron chi connectivity index (χ0n) is 11.7. The van der Waals surface area contributed by atoms with Gasteiger partial charge in [0, 0.05) is 5.56 Å². The lowest BCUT2D eigenvalue weighted by Gasteiger charge is -2.06. The van der Waals surface area contributed by atoms with Gasteiger partial charge in [0.25, 0.3) is 5.91 Å². The van der Waals surface area contributed by atoms with E-state index in [4.69, 9.17) is 0 Å². The van der Waals surface area contributed by atoms with Crippen LogP contribution in [0.1, 0.15) is 27.0 Å². The molecule has 2 aromatic rings. The van der Waals surface area contributed by atoms with Crippen molar-refractivity contribution in [3.63, 3.8) is 0 Å².